The average molecular weight is 520 g/mol. The molecule has 5 nitrogen and oxygen atoms in total. The lowest BCUT2D eigenvalue weighted by molar-refractivity contribution is -0.130. The predicted molar refractivity (Wildman–Crippen MR) is 145 cm³/mol. The average Bonchev–Trinajstić information content (AvgIpc) is 3.02. The van der Waals surface area contributed by atoms with Crippen molar-refractivity contribution in [3.63, 3.8) is 0 Å². The molecule has 2 saturated heterocycles. The number of amides is 1. The molecule has 2 heterocycles. The van der Waals surface area contributed by atoms with E-state index in [0.717, 1.165) is 30.8 Å². The highest BCUT2D eigenvalue weighted by atomic mass is 35.5. The zero-order valence-electron chi connectivity index (χ0n) is 19.4. The second-order valence-corrected chi connectivity index (χ2v) is 10.2. The molecule has 8 heteroatoms. The van der Waals surface area contributed by atoms with E-state index in [1.54, 1.807) is 12.1 Å². The Kier molecular flexibility index (Phi) is 9.06. The summed E-state index contributed by atoms with van der Waals surface area (Å²) in [5, 5.41) is 4.85. The minimum atomic E-state index is -0.0228. The van der Waals surface area contributed by atoms with Gasteiger partial charge in [0.05, 0.1) is 16.1 Å². The van der Waals surface area contributed by atoms with Crippen LogP contribution in [0, 0.1) is 0 Å². The van der Waals surface area contributed by atoms with E-state index < -0.39 is 0 Å². The van der Waals surface area contributed by atoms with Gasteiger partial charge in [-0.3, -0.25) is 4.79 Å². The van der Waals surface area contributed by atoms with Crippen molar-refractivity contribution in [2.24, 2.45) is 0 Å². The maximum Gasteiger partial charge on any atom is 0.224 e. The van der Waals surface area contributed by atoms with E-state index in [0.29, 0.717) is 34.7 Å². The molecule has 2 fully saturated rings. The number of piperidine rings is 1. The number of thiocarbonyl (C=S) groups is 1. The molecule has 1 unspecified atom stereocenters. The van der Waals surface area contributed by atoms with Crippen molar-refractivity contribution in [1.82, 2.24) is 14.7 Å². The van der Waals surface area contributed by atoms with Gasteiger partial charge in [-0.2, -0.15) is 0 Å². The molecule has 2 aliphatic rings. The van der Waals surface area contributed by atoms with Gasteiger partial charge < -0.3 is 20.0 Å². The molecule has 0 aliphatic carbocycles. The number of benzene rings is 2. The molecule has 2 aromatic rings. The highest BCUT2D eigenvalue weighted by Crippen LogP contribution is 2.29. The van der Waals surface area contributed by atoms with Crippen LogP contribution in [0.25, 0.3) is 0 Å². The zero-order valence-corrected chi connectivity index (χ0v) is 21.7. The first-order valence-electron chi connectivity index (χ1n) is 12.1. The maximum absolute atomic E-state index is 13.1. The molecule has 1 atom stereocenters. The molecule has 0 saturated carbocycles. The second-order valence-electron chi connectivity index (χ2n) is 9.02. The first-order chi connectivity index (χ1) is 16.5. The third-order valence-corrected chi connectivity index (χ3v) is 7.73. The Morgan fingerprint density at radius 1 is 0.971 bits per heavy atom. The van der Waals surface area contributed by atoms with E-state index >= 15 is 0 Å². The van der Waals surface area contributed by atoms with Gasteiger partial charge in [-0.05, 0) is 74.9 Å². The fourth-order valence-electron chi connectivity index (χ4n) is 4.80. The van der Waals surface area contributed by atoms with Crippen LogP contribution in [-0.2, 0) is 4.79 Å². The summed E-state index contributed by atoms with van der Waals surface area (Å²) in [6.45, 7) is 5.38. The van der Waals surface area contributed by atoms with Crippen molar-refractivity contribution in [3.05, 3.63) is 64.1 Å². The highest BCUT2D eigenvalue weighted by molar-refractivity contribution is 7.80. The standard InChI is InChI=1S/C26H32Cl2N4OS/c27-22-11-10-21(18-23(22)28)29-26(34)32-17-12-25(33)31(16-7-15-30-13-5-2-6-14-30)19-24(32)20-8-3-1-4-9-20/h1,3-4,8-11,18,24H,2,5-7,12-17,19H2,(H,29,34). The van der Waals surface area contributed by atoms with Crippen LogP contribution >= 0.6 is 35.4 Å². The normalized spacial score (nSPS) is 19.7. The summed E-state index contributed by atoms with van der Waals surface area (Å²) in [7, 11) is 0. The molecule has 0 bridgehead atoms. The van der Waals surface area contributed by atoms with E-state index in [4.69, 9.17) is 35.4 Å². The summed E-state index contributed by atoms with van der Waals surface area (Å²) in [6, 6.07) is 15.7. The van der Waals surface area contributed by atoms with Crippen LogP contribution in [0.3, 0.4) is 0 Å². The van der Waals surface area contributed by atoms with Crippen molar-refractivity contribution in [2.45, 2.75) is 38.1 Å². The van der Waals surface area contributed by atoms with Crippen LogP contribution in [0.5, 0.6) is 0 Å². The first-order valence-corrected chi connectivity index (χ1v) is 13.3. The lowest BCUT2D eigenvalue weighted by atomic mass is 10.1. The predicted octanol–water partition coefficient (Wildman–Crippen LogP) is 5.84. The van der Waals surface area contributed by atoms with Gasteiger partial charge in [0.2, 0.25) is 5.91 Å². The van der Waals surface area contributed by atoms with Crippen molar-refractivity contribution >= 4 is 52.1 Å². The van der Waals surface area contributed by atoms with Crippen molar-refractivity contribution < 1.29 is 4.79 Å². The number of likely N-dealkylation sites (tertiary alicyclic amines) is 1. The molecule has 0 radical (unpaired) electrons. The monoisotopic (exact) mass is 518 g/mol. The third-order valence-electron chi connectivity index (χ3n) is 6.66. The molecule has 0 aromatic heterocycles. The van der Waals surface area contributed by atoms with Gasteiger partial charge in [0.25, 0.3) is 0 Å². The molecule has 1 amide bonds. The number of anilines is 1. The Morgan fingerprint density at radius 3 is 2.47 bits per heavy atom. The lowest BCUT2D eigenvalue weighted by Gasteiger charge is -2.34. The summed E-state index contributed by atoms with van der Waals surface area (Å²) >= 11 is 18.1. The Labute approximate surface area is 218 Å². The summed E-state index contributed by atoms with van der Waals surface area (Å²) in [4.78, 5) is 19.8. The van der Waals surface area contributed by atoms with E-state index in [1.165, 1.54) is 32.4 Å². The number of hydrogen-bond acceptors (Lipinski definition) is 3. The smallest absolute Gasteiger partial charge is 0.224 e. The lowest BCUT2D eigenvalue weighted by Crippen LogP contribution is -2.41. The molecule has 1 N–H and O–H groups in total. The van der Waals surface area contributed by atoms with Crippen LogP contribution in [0.2, 0.25) is 10.0 Å². The molecular weight excluding hydrogens is 487 g/mol. The Hall–Kier alpha value is -1.86. The second kappa shape index (κ2) is 12.2. The third kappa shape index (κ3) is 6.63. The fraction of sp³-hybridized carbons (Fsp3) is 0.462. The van der Waals surface area contributed by atoms with Gasteiger partial charge in [0.15, 0.2) is 5.11 Å². The number of carbonyl (C=O) groups is 1. The van der Waals surface area contributed by atoms with Gasteiger partial charge in [-0.1, -0.05) is 60.0 Å². The van der Waals surface area contributed by atoms with Gasteiger partial charge >= 0.3 is 0 Å². The van der Waals surface area contributed by atoms with E-state index in [2.05, 4.69) is 27.2 Å². The summed E-state index contributed by atoms with van der Waals surface area (Å²) in [5.74, 6) is 0.194. The molecular formula is C26H32Cl2N4OS. The van der Waals surface area contributed by atoms with Crippen LogP contribution in [0.1, 0.15) is 43.7 Å². The number of nitrogens with zero attached hydrogens (tertiary/aromatic N) is 3. The minimum absolute atomic E-state index is 0.0228. The molecule has 182 valence electrons. The van der Waals surface area contributed by atoms with Crippen LogP contribution in [0.15, 0.2) is 48.5 Å². The molecule has 2 aliphatic heterocycles. The molecule has 2 aromatic carbocycles. The fourth-order valence-corrected chi connectivity index (χ4v) is 5.43. The maximum atomic E-state index is 13.1. The molecule has 0 spiro atoms. The number of hydrogen-bond donors (Lipinski definition) is 1. The molecule has 4 rings (SSSR count). The first kappa shape index (κ1) is 25.2. The van der Waals surface area contributed by atoms with Gasteiger partial charge in [0.1, 0.15) is 0 Å². The summed E-state index contributed by atoms with van der Waals surface area (Å²) < 4.78 is 0. The highest BCUT2D eigenvalue weighted by Gasteiger charge is 2.31. The summed E-state index contributed by atoms with van der Waals surface area (Å²) in [6.07, 6.45) is 5.36. The number of rotatable bonds is 6. The van der Waals surface area contributed by atoms with E-state index in [-0.39, 0.29) is 11.9 Å². The minimum Gasteiger partial charge on any atom is -0.340 e. The van der Waals surface area contributed by atoms with Crippen molar-refractivity contribution in [2.75, 3.05) is 44.6 Å². The topological polar surface area (TPSA) is 38.8 Å². The quantitative estimate of drug-likeness (QED) is 0.486. The van der Waals surface area contributed by atoms with E-state index in [9.17, 15) is 4.79 Å². The summed E-state index contributed by atoms with van der Waals surface area (Å²) in [5.41, 5.74) is 1.93. The van der Waals surface area contributed by atoms with Gasteiger partial charge in [-0.15, -0.1) is 0 Å². The molecule has 34 heavy (non-hydrogen) atoms. The van der Waals surface area contributed by atoms with Crippen LogP contribution < -0.4 is 5.32 Å². The zero-order chi connectivity index (χ0) is 23.9. The van der Waals surface area contributed by atoms with Gasteiger partial charge in [-0.25, -0.2) is 0 Å². The number of carbonyl (C=O) groups excluding carboxylic acids is 1. The number of nitrogens with one attached hydrogen (secondary N) is 1. The Morgan fingerprint density at radius 2 is 1.74 bits per heavy atom. The van der Waals surface area contributed by atoms with Crippen molar-refractivity contribution in [1.29, 1.82) is 0 Å². The largest absolute Gasteiger partial charge is 0.340 e. The number of halogens is 2. The van der Waals surface area contributed by atoms with Crippen LogP contribution in [0.4, 0.5) is 5.69 Å². The van der Waals surface area contributed by atoms with Crippen molar-refractivity contribution in [3.8, 4) is 0 Å². The SMILES string of the molecule is O=C1CCN(C(=S)Nc2ccc(Cl)c(Cl)c2)C(c2ccccc2)CN1CCCN1CCCCC1. The van der Waals surface area contributed by atoms with E-state index in [1.807, 2.05) is 29.2 Å². The van der Waals surface area contributed by atoms with Crippen LogP contribution in [-0.4, -0.2) is 65.0 Å². The Balaban J connectivity index is 1.47. The Bertz CT molecular complexity index is 984. The van der Waals surface area contributed by atoms with Gasteiger partial charge in [0, 0.05) is 31.7 Å².